The summed E-state index contributed by atoms with van der Waals surface area (Å²) < 4.78 is 1.89. The molecule has 2 heterocycles. The first-order valence-corrected chi connectivity index (χ1v) is 4.30. The zero-order valence-electron chi connectivity index (χ0n) is 6.43. The van der Waals surface area contributed by atoms with Crippen LogP contribution in [0.4, 0.5) is 0 Å². The molecule has 5 heteroatoms. The van der Waals surface area contributed by atoms with Crippen LogP contribution in [0, 0.1) is 6.92 Å². The molecule has 0 bridgehead atoms. The van der Waals surface area contributed by atoms with Gasteiger partial charge in [-0.1, -0.05) is 5.16 Å². The smallest absolute Gasteiger partial charge is 0.194 e. The van der Waals surface area contributed by atoms with Gasteiger partial charge in [-0.05, 0) is 6.92 Å². The summed E-state index contributed by atoms with van der Waals surface area (Å²) >= 11 is 1.56. The summed E-state index contributed by atoms with van der Waals surface area (Å²) in [4.78, 5) is 5.19. The number of hydrogen-bond donors (Lipinski definition) is 1. The molecule has 0 spiro atoms. The molecule has 2 rings (SSSR count). The predicted molar refractivity (Wildman–Crippen MR) is 47.2 cm³/mol. The minimum Gasteiger partial charge on any atom is -0.411 e. The van der Waals surface area contributed by atoms with Gasteiger partial charge in [0, 0.05) is 11.6 Å². The van der Waals surface area contributed by atoms with Crippen molar-refractivity contribution in [3.05, 3.63) is 23.0 Å². The van der Waals surface area contributed by atoms with E-state index in [2.05, 4.69) is 10.1 Å². The highest BCUT2D eigenvalue weighted by Gasteiger charge is 2.06. The molecule has 0 saturated carbocycles. The maximum atomic E-state index is 8.39. The first-order valence-electron chi connectivity index (χ1n) is 3.42. The van der Waals surface area contributed by atoms with Gasteiger partial charge in [0.2, 0.25) is 0 Å². The molecule has 0 aliphatic rings. The Morgan fingerprint density at radius 2 is 2.58 bits per heavy atom. The van der Waals surface area contributed by atoms with Crippen molar-refractivity contribution >= 4 is 22.5 Å². The number of rotatable bonds is 1. The molecule has 2 aromatic heterocycles. The van der Waals surface area contributed by atoms with Crippen LogP contribution in [0.2, 0.25) is 0 Å². The minimum atomic E-state index is 0.828. The Kier molecular flexibility index (Phi) is 1.58. The van der Waals surface area contributed by atoms with Gasteiger partial charge in [0.05, 0.1) is 17.6 Å². The lowest BCUT2D eigenvalue weighted by atomic mass is 10.4. The minimum absolute atomic E-state index is 0.828. The van der Waals surface area contributed by atoms with Crippen molar-refractivity contribution in [2.75, 3.05) is 0 Å². The first-order chi connectivity index (χ1) is 5.83. The van der Waals surface area contributed by atoms with E-state index in [1.807, 2.05) is 22.9 Å². The zero-order valence-corrected chi connectivity index (χ0v) is 7.25. The summed E-state index contributed by atoms with van der Waals surface area (Å²) in [6.45, 7) is 1.89. The second-order valence-corrected chi connectivity index (χ2v) is 3.26. The Balaban J connectivity index is 2.75. The number of imidazole rings is 1. The van der Waals surface area contributed by atoms with E-state index in [0.29, 0.717) is 0 Å². The van der Waals surface area contributed by atoms with E-state index in [9.17, 15) is 0 Å². The molecule has 0 aliphatic heterocycles. The van der Waals surface area contributed by atoms with E-state index in [1.54, 1.807) is 11.3 Å². The van der Waals surface area contributed by atoms with Crippen LogP contribution < -0.4 is 0 Å². The fourth-order valence-corrected chi connectivity index (χ4v) is 1.89. The average Bonchev–Trinajstić information content (AvgIpc) is 2.56. The third kappa shape index (κ3) is 0.902. The molecule has 0 aromatic carbocycles. The van der Waals surface area contributed by atoms with Gasteiger partial charge in [0.1, 0.15) is 0 Å². The van der Waals surface area contributed by atoms with E-state index < -0.39 is 0 Å². The van der Waals surface area contributed by atoms with Crippen molar-refractivity contribution in [3.63, 3.8) is 0 Å². The highest BCUT2D eigenvalue weighted by molar-refractivity contribution is 7.15. The summed E-state index contributed by atoms with van der Waals surface area (Å²) in [7, 11) is 0. The molecular weight excluding hydrogens is 174 g/mol. The van der Waals surface area contributed by atoms with Crippen LogP contribution in [0.1, 0.15) is 11.4 Å². The molecule has 62 valence electrons. The molecule has 2 aromatic rings. The normalized spacial score (nSPS) is 11.8. The zero-order chi connectivity index (χ0) is 8.55. The van der Waals surface area contributed by atoms with Gasteiger partial charge in [-0.3, -0.25) is 4.40 Å². The molecule has 0 atom stereocenters. The molecule has 12 heavy (non-hydrogen) atoms. The Labute approximate surface area is 72.8 Å². The van der Waals surface area contributed by atoms with Gasteiger partial charge in [-0.2, -0.15) is 0 Å². The Bertz CT molecular complexity index is 429. The van der Waals surface area contributed by atoms with Gasteiger partial charge in [0.15, 0.2) is 4.96 Å². The van der Waals surface area contributed by atoms with Gasteiger partial charge >= 0.3 is 0 Å². The summed E-state index contributed by atoms with van der Waals surface area (Å²) in [6.07, 6.45) is 3.29. The number of oxime groups is 1. The fourth-order valence-electron chi connectivity index (χ4n) is 1.12. The van der Waals surface area contributed by atoms with Crippen LogP contribution in [0.3, 0.4) is 0 Å². The number of hydrogen-bond acceptors (Lipinski definition) is 4. The Morgan fingerprint density at radius 3 is 3.33 bits per heavy atom. The maximum Gasteiger partial charge on any atom is 0.194 e. The quantitative estimate of drug-likeness (QED) is 0.412. The molecule has 4 nitrogen and oxygen atoms in total. The molecule has 0 saturated heterocycles. The van der Waals surface area contributed by atoms with Crippen LogP contribution in [-0.4, -0.2) is 20.8 Å². The van der Waals surface area contributed by atoms with Crippen LogP contribution in [0.15, 0.2) is 16.7 Å². The van der Waals surface area contributed by atoms with E-state index >= 15 is 0 Å². The molecule has 0 unspecified atom stereocenters. The van der Waals surface area contributed by atoms with Gasteiger partial charge in [-0.25, -0.2) is 4.98 Å². The number of thiazole rings is 1. The van der Waals surface area contributed by atoms with Crippen LogP contribution in [0.5, 0.6) is 0 Å². The second-order valence-electron chi connectivity index (χ2n) is 2.38. The summed E-state index contributed by atoms with van der Waals surface area (Å²) in [5, 5.41) is 13.3. The Hall–Kier alpha value is -1.36. The monoisotopic (exact) mass is 181 g/mol. The first kappa shape index (κ1) is 7.30. The van der Waals surface area contributed by atoms with Crippen molar-refractivity contribution in [2.45, 2.75) is 6.92 Å². The number of fused-ring (bicyclic) bond motifs is 1. The lowest BCUT2D eigenvalue weighted by Gasteiger charge is -1.88. The third-order valence-corrected chi connectivity index (χ3v) is 2.42. The van der Waals surface area contributed by atoms with Crippen molar-refractivity contribution in [1.29, 1.82) is 0 Å². The van der Waals surface area contributed by atoms with Crippen molar-refractivity contribution in [1.82, 2.24) is 9.38 Å². The topological polar surface area (TPSA) is 49.9 Å². The molecule has 0 fully saturated rings. The molecule has 0 amide bonds. The van der Waals surface area contributed by atoms with Crippen LogP contribution in [-0.2, 0) is 0 Å². The van der Waals surface area contributed by atoms with Gasteiger partial charge < -0.3 is 5.21 Å². The van der Waals surface area contributed by atoms with E-state index in [0.717, 1.165) is 16.3 Å². The lowest BCUT2D eigenvalue weighted by Crippen LogP contribution is -1.89. The van der Waals surface area contributed by atoms with E-state index in [-0.39, 0.29) is 0 Å². The number of aryl methyl sites for hydroxylation is 1. The standard InChI is InChI=1S/C7H7N3OS/c1-5-6(4-8-11)10-2-3-12-7(10)9-5/h2-4,11H,1H3. The lowest BCUT2D eigenvalue weighted by molar-refractivity contribution is 0.321. The average molecular weight is 181 g/mol. The third-order valence-electron chi connectivity index (χ3n) is 1.66. The van der Waals surface area contributed by atoms with Crippen LogP contribution in [0.25, 0.3) is 4.96 Å². The van der Waals surface area contributed by atoms with E-state index in [4.69, 9.17) is 5.21 Å². The van der Waals surface area contributed by atoms with Gasteiger partial charge in [0.25, 0.3) is 0 Å². The number of aromatic nitrogens is 2. The largest absolute Gasteiger partial charge is 0.411 e. The van der Waals surface area contributed by atoms with Crippen molar-refractivity contribution in [2.24, 2.45) is 5.16 Å². The number of nitrogens with zero attached hydrogens (tertiary/aromatic N) is 3. The Morgan fingerprint density at radius 1 is 1.75 bits per heavy atom. The predicted octanol–water partition coefficient (Wildman–Crippen LogP) is 1.51. The maximum absolute atomic E-state index is 8.39. The molecule has 1 N–H and O–H groups in total. The van der Waals surface area contributed by atoms with Gasteiger partial charge in [-0.15, -0.1) is 11.3 Å². The highest BCUT2D eigenvalue weighted by atomic mass is 32.1. The van der Waals surface area contributed by atoms with Crippen molar-refractivity contribution in [3.8, 4) is 0 Å². The SMILES string of the molecule is Cc1nc2sccn2c1C=NO. The van der Waals surface area contributed by atoms with Crippen LogP contribution >= 0.6 is 11.3 Å². The summed E-state index contributed by atoms with van der Waals surface area (Å²) in [5.41, 5.74) is 1.70. The fraction of sp³-hybridized carbons (Fsp3) is 0.143. The molecule has 0 radical (unpaired) electrons. The highest BCUT2D eigenvalue weighted by Crippen LogP contribution is 2.14. The van der Waals surface area contributed by atoms with E-state index in [1.165, 1.54) is 6.21 Å². The molecule has 0 aliphatic carbocycles. The second kappa shape index (κ2) is 2.60. The molecular formula is C7H7N3OS. The summed E-state index contributed by atoms with van der Waals surface area (Å²) in [6, 6.07) is 0. The van der Waals surface area contributed by atoms with Crippen molar-refractivity contribution < 1.29 is 5.21 Å². The summed E-state index contributed by atoms with van der Waals surface area (Å²) in [5.74, 6) is 0.